The predicted octanol–water partition coefficient (Wildman–Crippen LogP) is 4.88. The van der Waals surface area contributed by atoms with E-state index in [2.05, 4.69) is 28.2 Å². The third-order valence-electron chi connectivity index (χ3n) is 11.1. The Morgan fingerprint density at radius 2 is 1.53 bits per heavy atom. The number of benzene rings is 1. The molecular formula is C42H65N5O8. The van der Waals surface area contributed by atoms with Gasteiger partial charge in [-0.05, 0) is 74.2 Å². The van der Waals surface area contributed by atoms with E-state index in [1.54, 1.807) is 44.4 Å². The first-order valence-electron chi connectivity index (χ1n) is 20.3. The van der Waals surface area contributed by atoms with Crippen LogP contribution in [0.25, 0.3) is 0 Å². The quantitative estimate of drug-likeness (QED) is 0.114. The van der Waals surface area contributed by atoms with Gasteiger partial charge in [-0.25, -0.2) is 4.79 Å². The third-order valence-corrected chi connectivity index (χ3v) is 11.1. The van der Waals surface area contributed by atoms with Crippen molar-refractivity contribution < 1.29 is 38.3 Å². The van der Waals surface area contributed by atoms with Crippen LogP contribution in [0, 0.1) is 35.5 Å². The second-order valence-corrected chi connectivity index (χ2v) is 16.2. The van der Waals surface area contributed by atoms with Gasteiger partial charge < -0.3 is 30.9 Å². The summed E-state index contributed by atoms with van der Waals surface area (Å²) in [6.07, 6.45) is 8.47. The van der Waals surface area contributed by atoms with E-state index in [4.69, 9.17) is 4.74 Å². The average Bonchev–Trinajstić information content (AvgIpc) is 3.36. The lowest BCUT2D eigenvalue weighted by Gasteiger charge is -2.31. The number of likely N-dealkylation sites (N-methyl/N-ethyl adjacent to an activating group) is 1. The molecule has 0 aromatic heterocycles. The molecule has 2 fully saturated rings. The second kappa shape index (κ2) is 22.9. The number of hydrogen-bond donors (Lipinski definition) is 4. The van der Waals surface area contributed by atoms with Crippen LogP contribution >= 0.6 is 0 Å². The molecule has 13 nitrogen and oxygen atoms in total. The van der Waals surface area contributed by atoms with Gasteiger partial charge in [-0.1, -0.05) is 83.7 Å². The molecule has 4 N–H and O–H groups in total. The fourth-order valence-electron chi connectivity index (χ4n) is 7.71. The zero-order valence-electron chi connectivity index (χ0n) is 33.8. The Labute approximate surface area is 327 Å². The molecule has 1 aromatic carbocycles. The molecule has 0 saturated heterocycles. The highest BCUT2D eigenvalue weighted by Gasteiger charge is 2.36. The summed E-state index contributed by atoms with van der Waals surface area (Å²) < 4.78 is 5.37. The van der Waals surface area contributed by atoms with Gasteiger partial charge in [0, 0.05) is 38.9 Å². The highest BCUT2D eigenvalue weighted by molar-refractivity contribution is 6.37. The number of ketones is 2. The first-order chi connectivity index (χ1) is 26.2. The molecule has 5 amide bonds. The van der Waals surface area contributed by atoms with Gasteiger partial charge in [0.2, 0.25) is 23.5 Å². The lowest BCUT2D eigenvalue weighted by atomic mass is 9.78. The molecule has 3 rings (SSSR count). The van der Waals surface area contributed by atoms with Crippen molar-refractivity contribution in [3.05, 3.63) is 35.9 Å². The molecule has 0 heterocycles. The smallest absolute Gasteiger partial charge is 0.407 e. The van der Waals surface area contributed by atoms with Crippen LogP contribution in [0.3, 0.4) is 0 Å². The van der Waals surface area contributed by atoms with E-state index in [9.17, 15) is 33.6 Å². The third kappa shape index (κ3) is 14.7. The molecule has 0 spiro atoms. The molecule has 0 radical (unpaired) electrons. The second-order valence-electron chi connectivity index (χ2n) is 16.2. The van der Waals surface area contributed by atoms with Crippen molar-refractivity contribution in [2.75, 3.05) is 33.8 Å². The summed E-state index contributed by atoms with van der Waals surface area (Å²) in [4.78, 5) is 92.9. The van der Waals surface area contributed by atoms with Gasteiger partial charge in [-0.15, -0.1) is 0 Å². The van der Waals surface area contributed by atoms with Gasteiger partial charge >= 0.3 is 6.09 Å². The Balaban J connectivity index is 1.53. The van der Waals surface area contributed by atoms with Gasteiger partial charge in [-0.2, -0.15) is 0 Å². The van der Waals surface area contributed by atoms with Crippen LogP contribution in [-0.4, -0.2) is 86.0 Å². The molecule has 6 atom stereocenters. The van der Waals surface area contributed by atoms with Crippen molar-refractivity contribution in [3.8, 4) is 0 Å². The minimum absolute atomic E-state index is 0.00580. The number of amides is 5. The summed E-state index contributed by atoms with van der Waals surface area (Å²) in [6, 6.07) is 7.21. The lowest BCUT2D eigenvalue weighted by Crippen LogP contribution is -2.47. The van der Waals surface area contributed by atoms with Crippen LogP contribution in [0.2, 0.25) is 0 Å². The van der Waals surface area contributed by atoms with Crippen molar-refractivity contribution >= 4 is 41.3 Å². The molecule has 2 aliphatic carbocycles. The van der Waals surface area contributed by atoms with Crippen LogP contribution in [0.4, 0.5) is 4.79 Å². The van der Waals surface area contributed by atoms with Crippen molar-refractivity contribution in [1.82, 2.24) is 26.2 Å². The fourth-order valence-corrected chi connectivity index (χ4v) is 7.71. The van der Waals surface area contributed by atoms with E-state index in [-0.39, 0.29) is 60.3 Å². The molecule has 306 valence electrons. The first kappa shape index (κ1) is 45.1. The number of carbonyl (C=O) groups is 7. The highest BCUT2D eigenvalue weighted by Crippen LogP contribution is 2.36. The van der Waals surface area contributed by atoms with Crippen LogP contribution in [-0.2, 0) is 33.5 Å². The number of Topliss-reactive ketones (excluding diaryl/α,β-unsaturated/α-hetero) is 2. The Morgan fingerprint density at radius 3 is 2.16 bits per heavy atom. The largest absolute Gasteiger partial charge is 0.449 e. The van der Waals surface area contributed by atoms with Crippen molar-refractivity contribution in [3.63, 3.8) is 0 Å². The Morgan fingerprint density at radius 1 is 0.855 bits per heavy atom. The van der Waals surface area contributed by atoms with Gasteiger partial charge in [0.05, 0.1) is 19.2 Å². The van der Waals surface area contributed by atoms with Crippen molar-refractivity contribution in [2.24, 2.45) is 35.5 Å². The van der Waals surface area contributed by atoms with Gasteiger partial charge in [0.25, 0.3) is 5.91 Å². The van der Waals surface area contributed by atoms with Crippen molar-refractivity contribution in [2.45, 2.75) is 117 Å². The maximum Gasteiger partial charge on any atom is 0.407 e. The average molecular weight is 768 g/mol. The summed E-state index contributed by atoms with van der Waals surface area (Å²) in [5.74, 6) is -3.26. The zero-order chi connectivity index (χ0) is 40.5. The molecule has 55 heavy (non-hydrogen) atoms. The van der Waals surface area contributed by atoms with E-state index < -0.39 is 48.2 Å². The van der Waals surface area contributed by atoms with Crippen LogP contribution in [0.15, 0.2) is 30.3 Å². The number of nitrogens with zero attached hydrogens (tertiary/aromatic N) is 1. The summed E-state index contributed by atoms with van der Waals surface area (Å²) in [7, 11) is 3.16. The molecule has 2 unspecified atom stereocenters. The maximum atomic E-state index is 13.8. The SMILES string of the molecule is CCCC(CNC(=O)[C@H]1CCC(CC(=O)[C@@H](NC(=O)OCC(C)C)C2CCCCC2)[C@@H](C)CC1)C(=O)C(=O)NCC(=O)N[C@H](C(=O)N(C)C)c1ccccc1. The summed E-state index contributed by atoms with van der Waals surface area (Å²) in [5, 5.41) is 10.9. The summed E-state index contributed by atoms with van der Waals surface area (Å²) >= 11 is 0. The highest BCUT2D eigenvalue weighted by atomic mass is 16.5. The van der Waals surface area contributed by atoms with Crippen LogP contribution in [0.5, 0.6) is 0 Å². The van der Waals surface area contributed by atoms with Crippen LogP contribution < -0.4 is 21.3 Å². The molecule has 2 saturated carbocycles. The Hall–Kier alpha value is -4.29. The minimum Gasteiger partial charge on any atom is -0.449 e. The number of carbonyl (C=O) groups excluding carboxylic acids is 7. The number of rotatable bonds is 19. The van der Waals surface area contributed by atoms with Gasteiger partial charge in [-0.3, -0.25) is 28.8 Å². The van der Waals surface area contributed by atoms with E-state index >= 15 is 0 Å². The fraction of sp³-hybridized carbons (Fsp3) is 0.690. The summed E-state index contributed by atoms with van der Waals surface area (Å²) in [6.45, 7) is 7.72. The van der Waals surface area contributed by atoms with E-state index in [0.29, 0.717) is 44.1 Å². The molecule has 1 aromatic rings. The van der Waals surface area contributed by atoms with Gasteiger partial charge in [0.1, 0.15) is 6.04 Å². The zero-order valence-corrected chi connectivity index (χ0v) is 33.8. The maximum absolute atomic E-state index is 13.8. The summed E-state index contributed by atoms with van der Waals surface area (Å²) in [5.41, 5.74) is 0.583. The monoisotopic (exact) mass is 767 g/mol. The van der Waals surface area contributed by atoms with E-state index in [1.807, 2.05) is 20.8 Å². The molecular weight excluding hydrogens is 702 g/mol. The van der Waals surface area contributed by atoms with E-state index in [1.165, 1.54) is 4.90 Å². The number of hydrogen-bond acceptors (Lipinski definition) is 8. The van der Waals surface area contributed by atoms with Crippen LogP contribution in [0.1, 0.15) is 116 Å². The van der Waals surface area contributed by atoms with Crippen molar-refractivity contribution in [1.29, 1.82) is 0 Å². The number of nitrogens with one attached hydrogen (secondary N) is 4. The Kier molecular flexibility index (Phi) is 18.8. The Bertz CT molecular complexity index is 1440. The molecule has 2 aliphatic rings. The molecule has 0 aliphatic heterocycles. The predicted molar refractivity (Wildman–Crippen MR) is 209 cm³/mol. The number of alkyl carbamates (subject to hydrolysis) is 1. The minimum atomic E-state index is -0.956. The standard InChI is InChI=1S/C42H65N5O8/c1-7-14-33(38(50)40(52)44-25-35(49)45-37(41(53)47(5)6)30-17-12-9-13-18-30)24-43-39(51)31-20-19-28(4)32(22-21-31)23-34(48)36(29-15-10-8-11-16-29)46-42(54)55-26-27(2)3/h9,12-13,17-18,27-29,31-33,36-37H,7-8,10-11,14-16,19-26H2,1-6H3,(H,43,51)(H,44,52)(H,45,49)(H,46,54)/t28-,31+,32?,33?,36-,37-/m0/s1. The van der Waals surface area contributed by atoms with E-state index in [0.717, 1.165) is 38.5 Å². The first-order valence-corrected chi connectivity index (χ1v) is 20.3. The number of ether oxygens (including phenoxy) is 1. The molecule has 0 bridgehead atoms. The lowest BCUT2D eigenvalue weighted by molar-refractivity contribution is -0.141. The topological polar surface area (TPSA) is 180 Å². The normalized spacial score (nSPS) is 20.5. The van der Waals surface area contributed by atoms with Gasteiger partial charge in [0.15, 0.2) is 5.78 Å². The molecule has 13 heteroatoms.